The standard InChI is InChI=1S/C16H21NO4/c1-9(2)21-13-6-5-10(15(19)20)7-12(13)17-14(18)11-8-16(11,3)4/h5-7,9,11H,8H2,1-4H3,(H,17,18)(H,19,20). The molecule has 0 aliphatic heterocycles. The molecule has 0 heterocycles. The van der Waals surface area contributed by atoms with Crippen molar-refractivity contribution in [2.45, 2.75) is 40.2 Å². The largest absolute Gasteiger partial charge is 0.489 e. The second-order valence-electron chi connectivity index (χ2n) is 6.42. The van der Waals surface area contributed by atoms with Gasteiger partial charge in [0.1, 0.15) is 5.75 Å². The highest BCUT2D eigenvalue weighted by atomic mass is 16.5. The summed E-state index contributed by atoms with van der Waals surface area (Å²) in [6.45, 7) is 7.83. The van der Waals surface area contributed by atoms with Gasteiger partial charge in [-0.15, -0.1) is 0 Å². The molecule has 0 saturated heterocycles. The van der Waals surface area contributed by atoms with Gasteiger partial charge in [0.15, 0.2) is 0 Å². The highest BCUT2D eigenvalue weighted by molar-refractivity contribution is 5.98. The van der Waals surface area contributed by atoms with Gasteiger partial charge < -0.3 is 15.2 Å². The van der Waals surface area contributed by atoms with E-state index in [4.69, 9.17) is 9.84 Å². The van der Waals surface area contributed by atoms with Crippen LogP contribution < -0.4 is 10.1 Å². The summed E-state index contributed by atoms with van der Waals surface area (Å²) in [4.78, 5) is 23.3. The lowest BCUT2D eigenvalue weighted by Crippen LogP contribution is -2.18. The van der Waals surface area contributed by atoms with E-state index >= 15 is 0 Å². The van der Waals surface area contributed by atoms with Gasteiger partial charge in [0, 0.05) is 5.92 Å². The molecule has 1 aliphatic rings. The molecule has 0 radical (unpaired) electrons. The van der Waals surface area contributed by atoms with Crippen LogP contribution >= 0.6 is 0 Å². The molecule has 1 aromatic carbocycles. The molecule has 0 bridgehead atoms. The highest BCUT2D eigenvalue weighted by Gasteiger charge is 2.50. The van der Waals surface area contributed by atoms with Crippen molar-refractivity contribution in [3.63, 3.8) is 0 Å². The summed E-state index contributed by atoms with van der Waals surface area (Å²) >= 11 is 0. The van der Waals surface area contributed by atoms with E-state index < -0.39 is 5.97 Å². The fraction of sp³-hybridized carbons (Fsp3) is 0.500. The fourth-order valence-electron chi connectivity index (χ4n) is 2.25. The molecule has 5 heteroatoms. The third kappa shape index (κ3) is 3.54. The highest BCUT2D eigenvalue weighted by Crippen LogP contribution is 2.52. The van der Waals surface area contributed by atoms with Crippen LogP contribution in [0.1, 0.15) is 44.5 Å². The van der Waals surface area contributed by atoms with Gasteiger partial charge in [-0.3, -0.25) is 4.79 Å². The minimum Gasteiger partial charge on any atom is -0.489 e. The molecule has 1 fully saturated rings. The number of carboxylic acid groups (broad SMARTS) is 1. The first-order valence-electron chi connectivity index (χ1n) is 7.05. The van der Waals surface area contributed by atoms with Crippen molar-refractivity contribution in [2.24, 2.45) is 11.3 Å². The number of ether oxygens (including phenoxy) is 1. The zero-order valence-electron chi connectivity index (χ0n) is 12.8. The van der Waals surface area contributed by atoms with E-state index in [-0.39, 0.29) is 28.9 Å². The molecule has 2 N–H and O–H groups in total. The summed E-state index contributed by atoms with van der Waals surface area (Å²) in [7, 11) is 0. The lowest BCUT2D eigenvalue weighted by molar-refractivity contribution is -0.118. The van der Waals surface area contributed by atoms with Crippen molar-refractivity contribution in [3.8, 4) is 5.75 Å². The minimum atomic E-state index is -1.03. The Bertz CT molecular complexity index is 578. The molecule has 1 aromatic rings. The van der Waals surface area contributed by atoms with E-state index in [1.54, 1.807) is 6.07 Å². The van der Waals surface area contributed by atoms with E-state index in [9.17, 15) is 9.59 Å². The number of rotatable bonds is 5. The molecule has 1 atom stereocenters. The Balaban J connectivity index is 2.23. The zero-order valence-corrected chi connectivity index (χ0v) is 12.8. The molecule has 114 valence electrons. The van der Waals surface area contributed by atoms with Crippen molar-refractivity contribution in [3.05, 3.63) is 23.8 Å². The number of carbonyl (C=O) groups is 2. The monoisotopic (exact) mass is 291 g/mol. The average molecular weight is 291 g/mol. The van der Waals surface area contributed by atoms with Crippen LogP contribution in [0, 0.1) is 11.3 Å². The van der Waals surface area contributed by atoms with Crippen LogP contribution in [0.4, 0.5) is 5.69 Å². The van der Waals surface area contributed by atoms with Gasteiger partial charge in [-0.1, -0.05) is 13.8 Å². The Labute approximate surface area is 124 Å². The molecule has 0 aromatic heterocycles. The van der Waals surface area contributed by atoms with Gasteiger partial charge in [-0.25, -0.2) is 4.79 Å². The molecule has 1 amide bonds. The number of carboxylic acids is 1. The maximum absolute atomic E-state index is 12.2. The number of carbonyl (C=O) groups excluding carboxylic acids is 1. The number of anilines is 1. The van der Waals surface area contributed by atoms with Crippen molar-refractivity contribution in [2.75, 3.05) is 5.32 Å². The quantitative estimate of drug-likeness (QED) is 0.873. The van der Waals surface area contributed by atoms with E-state index in [2.05, 4.69) is 5.32 Å². The van der Waals surface area contributed by atoms with Crippen LogP contribution in [0.2, 0.25) is 0 Å². The smallest absolute Gasteiger partial charge is 0.335 e. The molecule has 0 spiro atoms. The summed E-state index contributed by atoms with van der Waals surface area (Å²) in [5.41, 5.74) is 0.556. The topological polar surface area (TPSA) is 75.6 Å². The predicted molar refractivity (Wildman–Crippen MR) is 79.7 cm³/mol. The van der Waals surface area contributed by atoms with Gasteiger partial charge in [0.05, 0.1) is 17.4 Å². The molecule has 1 saturated carbocycles. The van der Waals surface area contributed by atoms with Gasteiger partial charge in [-0.2, -0.15) is 0 Å². The molecule has 2 rings (SSSR count). The number of benzene rings is 1. The van der Waals surface area contributed by atoms with E-state index in [0.717, 1.165) is 6.42 Å². The van der Waals surface area contributed by atoms with Gasteiger partial charge in [0.2, 0.25) is 5.91 Å². The summed E-state index contributed by atoms with van der Waals surface area (Å²) in [6.07, 6.45) is 0.784. The van der Waals surface area contributed by atoms with Crippen LogP contribution in [0.5, 0.6) is 5.75 Å². The number of amides is 1. The Morgan fingerprint density at radius 1 is 1.38 bits per heavy atom. The van der Waals surface area contributed by atoms with Crippen molar-refractivity contribution in [1.29, 1.82) is 0 Å². The van der Waals surface area contributed by atoms with Gasteiger partial charge in [-0.05, 0) is 43.9 Å². The third-order valence-corrected chi connectivity index (χ3v) is 3.68. The molecule has 1 unspecified atom stereocenters. The number of hydrogen-bond donors (Lipinski definition) is 2. The second-order valence-corrected chi connectivity index (χ2v) is 6.42. The average Bonchev–Trinajstić information content (AvgIpc) is 3.00. The predicted octanol–water partition coefficient (Wildman–Crippen LogP) is 3.16. The summed E-state index contributed by atoms with van der Waals surface area (Å²) in [5, 5.41) is 11.9. The number of hydrogen-bond acceptors (Lipinski definition) is 3. The normalized spacial score (nSPS) is 19.2. The summed E-state index contributed by atoms with van der Waals surface area (Å²) in [6, 6.07) is 4.49. The Morgan fingerprint density at radius 3 is 2.48 bits per heavy atom. The molecular formula is C16H21NO4. The lowest BCUT2D eigenvalue weighted by Gasteiger charge is -2.16. The van der Waals surface area contributed by atoms with Crippen LogP contribution in [-0.2, 0) is 4.79 Å². The molecule has 21 heavy (non-hydrogen) atoms. The number of aromatic carboxylic acids is 1. The second kappa shape index (κ2) is 5.39. The fourth-order valence-corrected chi connectivity index (χ4v) is 2.25. The van der Waals surface area contributed by atoms with Crippen LogP contribution in [0.15, 0.2) is 18.2 Å². The maximum Gasteiger partial charge on any atom is 0.335 e. The van der Waals surface area contributed by atoms with E-state index in [0.29, 0.717) is 11.4 Å². The Kier molecular flexibility index (Phi) is 3.94. The Morgan fingerprint density at radius 2 is 2.00 bits per heavy atom. The first kappa shape index (κ1) is 15.4. The Hall–Kier alpha value is -2.04. The van der Waals surface area contributed by atoms with Crippen molar-refractivity contribution in [1.82, 2.24) is 0 Å². The SMILES string of the molecule is CC(C)Oc1ccc(C(=O)O)cc1NC(=O)C1CC1(C)C. The molecule has 1 aliphatic carbocycles. The lowest BCUT2D eigenvalue weighted by atomic mass is 10.1. The van der Waals surface area contributed by atoms with Crippen LogP contribution in [0.3, 0.4) is 0 Å². The van der Waals surface area contributed by atoms with Gasteiger partial charge in [0.25, 0.3) is 0 Å². The summed E-state index contributed by atoms with van der Waals surface area (Å²) < 4.78 is 5.63. The zero-order chi connectivity index (χ0) is 15.8. The maximum atomic E-state index is 12.2. The van der Waals surface area contributed by atoms with E-state index in [1.807, 2.05) is 27.7 Å². The van der Waals surface area contributed by atoms with Gasteiger partial charge >= 0.3 is 5.97 Å². The van der Waals surface area contributed by atoms with Crippen molar-refractivity contribution < 1.29 is 19.4 Å². The van der Waals surface area contributed by atoms with E-state index in [1.165, 1.54) is 12.1 Å². The third-order valence-electron chi connectivity index (χ3n) is 3.68. The first-order chi connectivity index (χ1) is 9.70. The first-order valence-corrected chi connectivity index (χ1v) is 7.05. The van der Waals surface area contributed by atoms with Crippen molar-refractivity contribution >= 4 is 17.6 Å². The molecule has 5 nitrogen and oxygen atoms in total. The van der Waals surface area contributed by atoms with Crippen LogP contribution in [-0.4, -0.2) is 23.1 Å². The van der Waals surface area contributed by atoms with Crippen LogP contribution in [0.25, 0.3) is 0 Å². The number of nitrogens with one attached hydrogen (secondary N) is 1. The summed E-state index contributed by atoms with van der Waals surface area (Å²) in [5.74, 6) is -0.663. The molecular weight excluding hydrogens is 270 g/mol. The minimum absolute atomic E-state index is 0.0214.